The van der Waals surface area contributed by atoms with E-state index in [0.29, 0.717) is 6.42 Å². The molecule has 0 bridgehead atoms. The summed E-state index contributed by atoms with van der Waals surface area (Å²) in [5.74, 6) is -0.505. The van der Waals surface area contributed by atoms with Gasteiger partial charge in [-0.25, -0.2) is 9.55 Å². The van der Waals surface area contributed by atoms with E-state index in [2.05, 4.69) is 9.98 Å². The number of benzene rings is 1. The number of guanidine groups is 1. The molecule has 1 aromatic heterocycles. The Balaban J connectivity index is 3.00. The topological polar surface area (TPSA) is 97.1 Å². The van der Waals surface area contributed by atoms with Gasteiger partial charge in [-0.2, -0.15) is 4.99 Å². The first-order chi connectivity index (χ1) is 9.43. The van der Waals surface area contributed by atoms with Crippen molar-refractivity contribution >= 4 is 22.8 Å². The van der Waals surface area contributed by atoms with E-state index < -0.39 is 0 Å². The lowest BCUT2D eigenvalue weighted by atomic mass is 10.1. The highest BCUT2D eigenvalue weighted by Gasteiger charge is 2.12. The number of hydrogen-bond acceptors (Lipinski definition) is 3. The molecule has 0 saturated heterocycles. The van der Waals surface area contributed by atoms with Crippen LogP contribution in [0, 0.1) is 19.3 Å². The summed E-state index contributed by atoms with van der Waals surface area (Å²) in [5, 5.41) is 8.18. The quantitative estimate of drug-likeness (QED) is 0.607. The van der Waals surface area contributed by atoms with E-state index in [9.17, 15) is 4.79 Å². The van der Waals surface area contributed by atoms with Crippen LogP contribution in [0.1, 0.15) is 29.4 Å². The molecule has 2 aromatic rings. The molecular weight excluding hydrogens is 254 g/mol. The van der Waals surface area contributed by atoms with E-state index in [4.69, 9.17) is 11.1 Å². The van der Waals surface area contributed by atoms with Gasteiger partial charge in [0.2, 0.25) is 17.5 Å². The van der Waals surface area contributed by atoms with Gasteiger partial charge in [0.1, 0.15) is 0 Å². The molecule has 20 heavy (non-hydrogen) atoms. The Kier molecular flexibility index (Phi) is 3.65. The minimum Gasteiger partial charge on any atom is -0.368 e. The van der Waals surface area contributed by atoms with Gasteiger partial charge in [-0.05, 0) is 25.5 Å². The number of nitrogens with zero attached hydrogens (tertiary/aromatic N) is 3. The first-order valence-electron chi connectivity index (χ1n) is 6.36. The minimum absolute atomic E-state index is 0.131. The molecule has 0 aliphatic carbocycles. The zero-order chi connectivity index (χ0) is 14.9. The summed E-state index contributed by atoms with van der Waals surface area (Å²) in [5.41, 5.74) is 7.99. The third-order valence-electron chi connectivity index (χ3n) is 3.02. The summed E-state index contributed by atoms with van der Waals surface area (Å²) in [4.78, 5) is 20.4. The molecule has 3 N–H and O–H groups in total. The molecule has 0 radical (unpaired) electrons. The van der Waals surface area contributed by atoms with Gasteiger partial charge in [-0.1, -0.05) is 19.1 Å². The van der Waals surface area contributed by atoms with Crippen molar-refractivity contribution in [2.75, 3.05) is 0 Å². The Morgan fingerprint density at radius 3 is 2.75 bits per heavy atom. The van der Waals surface area contributed by atoms with E-state index in [-0.39, 0.29) is 17.5 Å². The fraction of sp³-hybridized carbons (Fsp3) is 0.286. The van der Waals surface area contributed by atoms with E-state index in [1.807, 2.05) is 32.0 Å². The Morgan fingerprint density at radius 1 is 1.45 bits per heavy atom. The second-order valence-corrected chi connectivity index (χ2v) is 4.60. The molecule has 1 heterocycles. The molecule has 2 rings (SSSR count). The summed E-state index contributed by atoms with van der Waals surface area (Å²) in [6.07, 6.45) is 0.318. The second-order valence-electron chi connectivity index (χ2n) is 4.60. The second kappa shape index (κ2) is 5.24. The smallest absolute Gasteiger partial charge is 0.240 e. The molecule has 0 fully saturated rings. The van der Waals surface area contributed by atoms with Gasteiger partial charge < -0.3 is 5.73 Å². The molecule has 0 atom stereocenters. The van der Waals surface area contributed by atoms with Crippen molar-refractivity contribution in [3.63, 3.8) is 0 Å². The maximum absolute atomic E-state index is 12.2. The number of aromatic nitrogens is 2. The van der Waals surface area contributed by atoms with E-state index in [1.54, 1.807) is 6.92 Å². The monoisotopic (exact) mass is 271 g/mol. The highest BCUT2D eigenvalue weighted by Crippen LogP contribution is 2.17. The first-order valence-corrected chi connectivity index (χ1v) is 6.36. The van der Waals surface area contributed by atoms with E-state index in [0.717, 1.165) is 22.2 Å². The minimum atomic E-state index is -0.374. The van der Waals surface area contributed by atoms with Crippen molar-refractivity contribution in [1.82, 2.24) is 9.55 Å². The van der Waals surface area contributed by atoms with Crippen LogP contribution in [-0.2, 0) is 0 Å². The van der Waals surface area contributed by atoms with Gasteiger partial charge in [-0.15, -0.1) is 0 Å². The highest BCUT2D eigenvalue weighted by atomic mass is 16.2. The third-order valence-corrected chi connectivity index (χ3v) is 3.02. The van der Waals surface area contributed by atoms with Crippen LogP contribution in [0.25, 0.3) is 10.9 Å². The Hall–Kier alpha value is -2.50. The van der Waals surface area contributed by atoms with Crippen molar-refractivity contribution in [3.8, 4) is 0 Å². The number of aryl methyl sites for hydroxylation is 2. The standard InChI is InChI=1S/C14H17N5O/c1-4-12(20)19-11-7-8(2)5-6-10(11)9(3)17-14(19)18-13(15)16/h5-7H,4H2,1-3H3,(H3,15,16)/b18-14+. The Labute approximate surface area is 116 Å². The highest BCUT2D eigenvalue weighted by molar-refractivity contribution is 5.92. The lowest BCUT2D eigenvalue weighted by molar-refractivity contribution is 0.0907. The number of fused-ring (bicyclic) bond motifs is 1. The fourth-order valence-electron chi connectivity index (χ4n) is 2.09. The molecule has 104 valence electrons. The third kappa shape index (κ3) is 2.45. The summed E-state index contributed by atoms with van der Waals surface area (Å²) in [7, 11) is 0. The fourth-order valence-corrected chi connectivity index (χ4v) is 2.09. The number of nitrogens with two attached hydrogens (primary N) is 1. The van der Waals surface area contributed by atoms with Gasteiger partial charge >= 0.3 is 0 Å². The van der Waals surface area contributed by atoms with Crippen LogP contribution in [0.15, 0.2) is 23.2 Å². The van der Waals surface area contributed by atoms with E-state index >= 15 is 0 Å². The number of carbonyl (C=O) groups excluding carboxylic acids is 1. The van der Waals surface area contributed by atoms with Crippen molar-refractivity contribution in [2.24, 2.45) is 10.7 Å². The number of rotatable bonds is 1. The number of nitrogens with one attached hydrogen (secondary N) is 1. The molecular formula is C14H17N5O. The summed E-state index contributed by atoms with van der Waals surface area (Å²) < 4.78 is 1.43. The van der Waals surface area contributed by atoms with Crippen molar-refractivity contribution in [2.45, 2.75) is 27.2 Å². The maximum atomic E-state index is 12.2. The van der Waals surface area contributed by atoms with Crippen LogP contribution in [0.3, 0.4) is 0 Å². The van der Waals surface area contributed by atoms with Crippen LogP contribution >= 0.6 is 0 Å². The average molecular weight is 271 g/mol. The molecule has 0 spiro atoms. The lowest BCUT2D eigenvalue weighted by Gasteiger charge is -2.11. The van der Waals surface area contributed by atoms with Crippen LogP contribution in [-0.4, -0.2) is 21.4 Å². The molecule has 0 aliphatic heterocycles. The Morgan fingerprint density at radius 2 is 2.15 bits per heavy atom. The SMILES string of the molecule is CCC(=O)n1/c(=N/C(=N)N)nc(C)c2ccc(C)cc21. The normalized spacial score (nSPS) is 11.8. The van der Waals surface area contributed by atoms with Crippen LogP contribution in [0.4, 0.5) is 0 Å². The van der Waals surface area contributed by atoms with Crippen LogP contribution in [0.5, 0.6) is 0 Å². The molecule has 1 aromatic carbocycles. The summed E-state index contributed by atoms with van der Waals surface area (Å²) in [6.45, 7) is 5.57. The van der Waals surface area contributed by atoms with Crippen molar-refractivity contribution in [1.29, 1.82) is 5.41 Å². The molecule has 6 heteroatoms. The first kappa shape index (κ1) is 13.9. The lowest BCUT2D eigenvalue weighted by Crippen LogP contribution is -2.32. The van der Waals surface area contributed by atoms with Gasteiger partial charge in [0.25, 0.3) is 0 Å². The molecule has 0 saturated carbocycles. The molecule has 0 unspecified atom stereocenters. The number of hydrogen-bond donors (Lipinski definition) is 2. The largest absolute Gasteiger partial charge is 0.368 e. The molecule has 0 amide bonds. The summed E-state index contributed by atoms with van der Waals surface area (Å²) in [6, 6.07) is 5.82. The molecule has 0 aliphatic rings. The van der Waals surface area contributed by atoms with Gasteiger partial charge in [0, 0.05) is 11.8 Å². The van der Waals surface area contributed by atoms with Gasteiger partial charge in [-0.3, -0.25) is 10.2 Å². The van der Waals surface area contributed by atoms with Crippen molar-refractivity contribution < 1.29 is 4.79 Å². The maximum Gasteiger partial charge on any atom is 0.240 e. The van der Waals surface area contributed by atoms with Crippen LogP contribution in [0.2, 0.25) is 0 Å². The predicted octanol–water partition coefficient (Wildman–Crippen LogP) is 1.50. The Bertz CT molecular complexity index is 773. The molecule has 6 nitrogen and oxygen atoms in total. The average Bonchev–Trinajstić information content (AvgIpc) is 2.37. The predicted molar refractivity (Wildman–Crippen MR) is 77.6 cm³/mol. The zero-order valence-corrected chi connectivity index (χ0v) is 11.8. The van der Waals surface area contributed by atoms with Gasteiger partial charge in [0.05, 0.1) is 11.2 Å². The van der Waals surface area contributed by atoms with Crippen molar-refractivity contribution in [3.05, 3.63) is 35.1 Å². The number of carbonyl (C=O) groups is 1. The van der Waals surface area contributed by atoms with E-state index in [1.165, 1.54) is 4.57 Å². The van der Waals surface area contributed by atoms with Crippen LogP contribution < -0.4 is 11.4 Å². The van der Waals surface area contributed by atoms with Gasteiger partial charge in [0.15, 0.2) is 0 Å². The summed E-state index contributed by atoms with van der Waals surface area (Å²) >= 11 is 0. The zero-order valence-electron chi connectivity index (χ0n) is 11.8.